The summed E-state index contributed by atoms with van der Waals surface area (Å²) in [6.07, 6.45) is 0. The fraction of sp³-hybridized carbons (Fsp3) is 0.273. The molecule has 1 aromatic carbocycles. The molecule has 3 heteroatoms. The number of benzene rings is 1. The quantitative estimate of drug-likeness (QED) is 0.578. The van der Waals surface area contributed by atoms with Crippen molar-refractivity contribution in [3.8, 4) is 0 Å². The zero-order chi connectivity index (χ0) is 10.8. The molecule has 0 aromatic heterocycles. The zero-order valence-corrected chi connectivity index (χ0v) is 9.78. The van der Waals surface area contributed by atoms with Crippen LogP contribution in [0.2, 0.25) is 19.6 Å². The van der Waals surface area contributed by atoms with Crippen molar-refractivity contribution in [1.29, 1.82) is 0 Å². The molecule has 0 heterocycles. The van der Waals surface area contributed by atoms with Crippen molar-refractivity contribution in [2.45, 2.75) is 19.6 Å². The molecular weight excluding hydrogens is 192 g/mol. The predicted molar refractivity (Wildman–Crippen MR) is 62.0 cm³/mol. The van der Waals surface area contributed by atoms with Crippen molar-refractivity contribution < 1.29 is 10.2 Å². The molecule has 0 saturated heterocycles. The van der Waals surface area contributed by atoms with Gasteiger partial charge in [0.15, 0.2) is 0 Å². The van der Waals surface area contributed by atoms with E-state index in [4.69, 9.17) is 0 Å². The summed E-state index contributed by atoms with van der Waals surface area (Å²) >= 11 is 0. The van der Waals surface area contributed by atoms with Gasteiger partial charge >= 0.3 is 0 Å². The van der Waals surface area contributed by atoms with Gasteiger partial charge in [-0.3, -0.25) is 0 Å². The van der Waals surface area contributed by atoms with Crippen LogP contribution < -0.4 is 0 Å². The van der Waals surface area contributed by atoms with Crippen LogP contribution in [0.4, 0.5) is 0 Å². The highest BCUT2D eigenvalue weighted by atomic mass is 28.3. The maximum absolute atomic E-state index is 9.27. The first-order valence-corrected chi connectivity index (χ1v) is 8.11. The molecule has 0 unspecified atom stereocenters. The number of aliphatic hydroxyl groups is 2. The highest BCUT2D eigenvalue weighted by Gasteiger charge is 2.25. The second kappa shape index (κ2) is 3.88. The second-order valence-electron chi connectivity index (χ2n) is 4.31. The second-order valence-corrected chi connectivity index (χ2v) is 9.31. The third-order valence-corrected chi connectivity index (χ3v) is 4.05. The molecule has 0 radical (unpaired) electrons. The van der Waals surface area contributed by atoms with Crippen LogP contribution in [0.3, 0.4) is 0 Å². The van der Waals surface area contributed by atoms with E-state index in [0.29, 0.717) is 5.20 Å². The molecule has 0 aliphatic rings. The van der Waals surface area contributed by atoms with Gasteiger partial charge in [-0.15, -0.1) is 0 Å². The first kappa shape index (κ1) is 10.9. The summed E-state index contributed by atoms with van der Waals surface area (Å²) < 4.78 is 0. The summed E-state index contributed by atoms with van der Waals surface area (Å²) in [7, 11) is -1.71. The van der Waals surface area contributed by atoms with E-state index in [0.717, 1.165) is 5.56 Å². The van der Waals surface area contributed by atoms with Gasteiger partial charge in [0.2, 0.25) is 0 Å². The van der Waals surface area contributed by atoms with Crippen molar-refractivity contribution in [3.05, 3.63) is 41.8 Å². The van der Waals surface area contributed by atoms with Crippen molar-refractivity contribution in [3.63, 3.8) is 0 Å². The Hall–Kier alpha value is -1.22. The third kappa shape index (κ3) is 2.39. The molecule has 0 saturated carbocycles. The first-order chi connectivity index (χ1) is 6.43. The molecule has 2 nitrogen and oxygen atoms in total. The summed E-state index contributed by atoms with van der Waals surface area (Å²) in [5.41, 5.74) is 0.909. The van der Waals surface area contributed by atoms with Gasteiger partial charge in [-0.2, -0.15) is 0 Å². The highest BCUT2D eigenvalue weighted by molar-refractivity contribution is 6.93. The molecule has 0 bridgehead atoms. The van der Waals surface area contributed by atoms with Crippen molar-refractivity contribution in [1.82, 2.24) is 0 Å². The average Bonchev–Trinajstić information content (AvgIpc) is 2.02. The molecule has 0 spiro atoms. The van der Waals surface area contributed by atoms with E-state index >= 15 is 0 Å². The number of rotatable bonds is 2. The van der Waals surface area contributed by atoms with Gasteiger partial charge in [0, 0.05) is 5.20 Å². The Morgan fingerprint density at radius 3 is 1.86 bits per heavy atom. The molecule has 0 amide bonds. The van der Waals surface area contributed by atoms with Crippen LogP contribution in [0.25, 0.3) is 5.20 Å². The molecular formula is C11H16O2Si. The monoisotopic (exact) mass is 208 g/mol. The Morgan fingerprint density at radius 2 is 1.50 bits per heavy atom. The van der Waals surface area contributed by atoms with E-state index in [-0.39, 0.29) is 0 Å². The minimum absolute atomic E-state index is 0.532. The molecule has 0 atom stereocenters. The third-order valence-electron chi connectivity index (χ3n) is 2.04. The van der Waals surface area contributed by atoms with Crippen molar-refractivity contribution >= 4 is 13.3 Å². The van der Waals surface area contributed by atoms with Crippen LogP contribution in [0.15, 0.2) is 36.3 Å². The summed E-state index contributed by atoms with van der Waals surface area (Å²) in [6.45, 7) is 6.26. The van der Waals surface area contributed by atoms with Crippen LogP contribution in [-0.2, 0) is 0 Å². The SMILES string of the molecule is C[Si](C)(C)C(=C(O)O)c1ccccc1. The van der Waals surface area contributed by atoms with E-state index in [1.807, 2.05) is 30.3 Å². The van der Waals surface area contributed by atoms with E-state index < -0.39 is 14.0 Å². The molecule has 14 heavy (non-hydrogen) atoms. The Morgan fingerprint density at radius 1 is 1.00 bits per heavy atom. The fourth-order valence-corrected chi connectivity index (χ4v) is 3.21. The van der Waals surface area contributed by atoms with Gasteiger partial charge < -0.3 is 10.2 Å². The maximum Gasteiger partial charge on any atom is 0.273 e. The lowest BCUT2D eigenvalue weighted by Gasteiger charge is -2.20. The standard InChI is InChI=1S/C11H16O2Si/c1-14(2,3)10(11(12)13)9-7-5-4-6-8-9/h4-8,12-13H,1-3H3. The Bertz CT molecular complexity index is 332. The van der Waals surface area contributed by atoms with E-state index in [1.54, 1.807) is 0 Å². The van der Waals surface area contributed by atoms with Crippen molar-refractivity contribution in [2.24, 2.45) is 0 Å². The largest absolute Gasteiger partial charge is 0.481 e. The van der Waals surface area contributed by atoms with Gasteiger partial charge in [-0.25, -0.2) is 0 Å². The van der Waals surface area contributed by atoms with Crippen LogP contribution in [0.1, 0.15) is 5.56 Å². The van der Waals surface area contributed by atoms with Gasteiger partial charge in [-0.05, 0) is 5.56 Å². The van der Waals surface area contributed by atoms with Gasteiger partial charge in [0.1, 0.15) is 0 Å². The fourth-order valence-electron chi connectivity index (χ4n) is 1.50. The molecule has 0 fully saturated rings. The summed E-state index contributed by atoms with van der Waals surface area (Å²) in [4.78, 5) is 0. The van der Waals surface area contributed by atoms with E-state index in [9.17, 15) is 10.2 Å². The van der Waals surface area contributed by atoms with Crippen LogP contribution in [-0.4, -0.2) is 18.3 Å². The smallest absolute Gasteiger partial charge is 0.273 e. The molecule has 1 aromatic rings. The summed E-state index contributed by atoms with van der Waals surface area (Å²) in [6, 6.07) is 9.52. The summed E-state index contributed by atoms with van der Waals surface area (Å²) in [5, 5.41) is 19.2. The van der Waals surface area contributed by atoms with Crippen LogP contribution >= 0.6 is 0 Å². The minimum Gasteiger partial charge on any atom is -0.481 e. The summed E-state index contributed by atoms with van der Waals surface area (Å²) in [5.74, 6) is -0.532. The van der Waals surface area contributed by atoms with E-state index in [1.165, 1.54) is 0 Å². The Kier molecular flexibility index (Phi) is 3.01. The lowest BCUT2D eigenvalue weighted by Crippen LogP contribution is -2.24. The minimum atomic E-state index is -1.71. The van der Waals surface area contributed by atoms with Gasteiger partial charge in [0.25, 0.3) is 5.95 Å². The lowest BCUT2D eigenvalue weighted by atomic mass is 10.2. The average molecular weight is 208 g/mol. The topological polar surface area (TPSA) is 40.5 Å². The maximum atomic E-state index is 9.27. The normalized spacial score (nSPS) is 11.1. The number of aliphatic hydroxyl groups excluding tert-OH is 1. The Labute approximate surface area is 85.5 Å². The number of hydrogen-bond acceptors (Lipinski definition) is 2. The van der Waals surface area contributed by atoms with Gasteiger partial charge in [-0.1, -0.05) is 50.0 Å². The van der Waals surface area contributed by atoms with Gasteiger partial charge in [0.05, 0.1) is 8.07 Å². The van der Waals surface area contributed by atoms with E-state index in [2.05, 4.69) is 19.6 Å². The van der Waals surface area contributed by atoms with Crippen LogP contribution in [0, 0.1) is 0 Å². The Balaban J connectivity index is 3.24. The molecule has 1 rings (SSSR count). The molecule has 2 N–H and O–H groups in total. The van der Waals surface area contributed by atoms with Crippen molar-refractivity contribution in [2.75, 3.05) is 0 Å². The molecule has 0 aliphatic carbocycles. The first-order valence-electron chi connectivity index (χ1n) is 4.61. The molecule has 0 aliphatic heterocycles. The lowest BCUT2D eigenvalue weighted by molar-refractivity contribution is 0.195. The zero-order valence-electron chi connectivity index (χ0n) is 8.78. The highest BCUT2D eigenvalue weighted by Crippen LogP contribution is 2.27. The van der Waals surface area contributed by atoms with Crippen LogP contribution in [0.5, 0.6) is 0 Å². The predicted octanol–water partition coefficient (Wildman–Crippen LogP) is 3.35. The molecule has 76 valence electrons. The number of hydrogen-bond donors (Lipinski definition) is 2.